The lowest BCUT2D eigenvalue weighted by Crippen LogP contribution is -2.53. The monoisotopic (exact) mass is 353 g/mol. The zero-order valence-electron chi connectivity index (χ0n) is 15.3. The average molecular weight is 353 g/mol. The number of unbranched alkanes of at least 4 members (excludes halogenated alkanes) is 1. The van der Waals surface area contributed by atoms with Gasteiger partial charge in [-0.3, -0.25) is 9.59 Å². The molecule has 1 aliphatic rings. The van der Waals surface area contributed by atoms with Crippen molar-refractivity contribution < 1.29 is 9.59 Å². The van der Waals surface area contributed by atoms with Crippen LogP contribution in [-0.4, -0.2) is 48.9 Å². The molecule has 3 rings (SSSR count). The second-order valence-electron chi connectivity index (χ2n) is 6.86. The Bertz CT molecular complexity index is 769. The van der Waals surface area contributed by atoms with Crippen molar-refractivity contribution in [2.75, 3.05) is 26.2 Å². The van der Waals surface area contributed by atoms with Crippen molar-refractivity contribution in [3.05, 3.63) is 48.0 Å². The van der Waals surface area contributed by atoms with Crippen LogP contribution in [0.2, 0.25) is 0 Å². The van der Waals surface area contributed by atoms with Crippen molar-refractivity contribution in [3.8, 4) is 0 Å². The third kappa shape index (κ3) is 4.41. The zero-order valence-corrected chi connectivity index (χ0v) is 15.3. The Hall–Kier alpha value is -2.40. The van der Waals surface area contributed by atoms with Crippen LogP contribution in [0.15, 0.2) is 42.5 Å². The van der Waals surface area contributed by atoms with Crippen LogP contribution in [0.3, 0.4) is 0 Å². The summed E-state index contributed by atoms with van der Waals surface area (Å²) in [7, 11) is 0. The molecule has 2 N–H and O–H groups in total. The van der Waals surface area contributed by atoms with Gasteiger partial charge >= 0.3 is 0 Å². The number of amides is 2. The Morgan fingerprint density at radius 2 is 1.96 bits per heavy atom. The molecule has 5 nitrogen and oxygen atoms in total. The Morgan fingerprint density at radius 1 is 1.15 bits per heavy atom. The molecule has 0 aliphatic carbocycles. The van der Waals surface area contributed by atoms with E-state index < -0.39 is 0 Å². The van der Waals surface area contributed by atoms with Crippen molar-refractivity contribution in [3.63, 3.8) is 0 Å². The quantitative estimate of drug-likeness (QED) is 0.785. The second kappa shape index (κ2) is 8.81. The summed E-state index contributed by atoms with van der Waals surface area (Å²) in [6.45, 7) is 4.64. The van der Waals surface area contributed by atoms with Gasteiger partial charge in [-0.2, -0.15) is 0 Å². The number of rotatable bonds is 6. The van der Waals surface area contributed by atoms with Gasteiger partial charge in [0.15, 0.2) is 0 Å². The molecular weight excluding hydrogens is 326 g/mol. The van der Waals surface area contributed by atoms with Gasteiger partial charge in [0, 0.05) is 44.7 Å². The highest BCUT2D eigenvalue weighted by molar-refractivity contribution is 6.07. The average Bonchev–Trinajstić information content (AvgIpc) is 2.67. The van der Waals surface area contributed by atoms with Crippen LogP contribution in [0.4, 0.5) is 0 Å². The van der Waals surface area contributed by atoms with Gasteiger partial charge in [0.1, 0.15) is 0 Å². The Kier molecular flexibility index (Phi) is 6.23. The number of piperazine rings is 1. The third-order valence-corrected chi connectivity index (χ3v) is 4.97. The molecular formula is C21H27N3O2. The molecule has 0 saturated carbocycles. The van der Waals surface area contributed by atoms with E-state index in [0.29, 0.717) is 6.54 Å². The first-order valence-electron chi connectivity index (χ1n) is 9.40. The summed E-state index contributed by atoms with van der Waals surface area (Å²) < 4.78 is 0. The molecule has 0 unspecified atom stereocenters. The maximum Gasteiger partial charge on any atom is 0.254 e. The van der Waals surface area contributed by atoms with Gasteiger partial charge in [0.05, 0.1) is 0 Å². The van der Waals surface area contributed by atoms with Crippen LogP contribution in [0, 0.1) is 0 Å². The lowest BCUT2D eigenvalue weighted by atomic mass is 10.0. The number of carbonyl (C=O) groups is 2. The number of nitrogens with zero attached hydrogens (tertiary/aromatic N) is 1. The molecule has 0 bridgehead atoms. The topological polar surface area (TPSA) is 61.4 Å². The molecule has 2 aromatic carbocycles. The minimum atomic E-state index is 0.0112. The minimum absolute atomic E-state index is 0.0112. The molecule has 1 saturated heterocycles. The van der Waals surface area contributed by atoms with Crippen molar-refractivity contribution in [2.24, 2.45) is 0 Å². The largest absolute Gasteiger partial charge is 0.356 e. The van der Waals surface area contributed by atoms with Gasteiger partial charge in [0.25, 0.3) is 5.91 Å². The Labute approximate surface area is 154 Å². The van der Waals surface area contributed by atoms with E-state index in [0.717, 1.165) is 55.2 Å². The van der Waals surface area contributed by atoms with Gasteiger partial charge in [-0.15, -0.1) is 0 Å². The maximum absolute atomic E-state index is 13.2. The molecule has 2 amide bonds. The van der Waals surface area contributed by atoms with E-state index >= 15 is 0 Å². The van der Waals surface area contributed by atoms with Crippen LogP contribution in [0.25, 0.3) is 10.8 Å². The molecule has 1 aliphatic heterocycles. The predicted molar refractivity (Wildman–Crippen MR) is 104 cm³/mol. The summed E-state index contributed by atoms with van der Waals surface area (Å²) in [5.41, 5.74) is 0.785. The zero-order chi connectivity index (χ0) is 18.4. The summed E-state index contributed by atoms with van der Waals surface area (Å²) in [6, 6.07) is 14.2. The molecule has 1 atom stereocenters. The van der Waals surface area contributed by atoms with E-state index in [2.05, 4.69) is 10.6 Å². The van der Waals surface area contributed by atoms with Gasteiger partial charge in [-0.25, -0.2) is 0 Å². The first-order valence-corrected chi connectivity index (χ1v) is 9.40. The van der Waals surface area contributed by atoms with Gasteiger partial charge in [-0.1, -0.05) is 36.4 Å². The minimum Gasteiger partial charge on any atom is -0.356 e. The molecule has 5 heteroatoms. The summed E-state index contributed by atoms with van der Waals surface area (Å²) >= 11 is 0. The van der Waals surface area contributed by atoms with E-state index in [1.807, 2.05) is 47.4 Å². The van der Waals surface area contributed by atoms with Crippen LogP contribution in [-0.2, 0) is 4.79 Å². The number of hydrogen-bond donors (Lipinski definition) is 2. The van der Waals surface area contributed by atoms with Gasteiger partial charge in [0.2, 0.25) is 5.91 Å². The molecule has 1 fully saturated rings. The first kappa shape index (κ1) is 18.4. The smallest absolute Gasteiger partial charge is 0.254 e. The van der Waals surface area contributed by atoms with Crippen molar-refractivity contribution in [1.82, 2.24) is 15.5 Å². The lowest BCUT2D eigenvalue weighted by molar-refractivity contribution is -0.118. The third-order valence-electron chi connectivity index (χ3n) is 4.97. The van der Waals surface area contributed by atoms with Crippen molar-refractivity contribution in [2.45, 2.75) is 32.2 Å². The predicted octanol–water partition coefficient (Wildman–Crippen LogP) is 2.56. The SMILES string of the molecule is CC(=O)NCCCC[C@H]1CNCCN1C(=O)c1cccc2ccccc12. The van der Waals surface area contributed by atoms with Gasteiger partial charge < -0.3 is 15.5 Å². The normalized spacial score (nSPS) is 17.3. The number of fused-ring (bicyclic) bond motifs is 1. The van der Waals surface area contributed by atoms with Crippen LogP contribution in [0.5, 0.6) is 0 Å². The molecule has 2 aromatic rings. The van der Waals surface area contributed by atoms with Crippen LogP contribution >= 0.6 is 0 Å². The molecule has 0 spiro atoms. The van der Waals surface area contributed by atoms with E-state index in [4.69, 9.17) is 0 Å². The van der Waals surface area contributed by atoms with Crippen LogP contribution < -0.4 is 10.6 Å². The van der Waals surface area contributed by atoms with Gasteiger partial charge in [-0.05, 0) is 36.1 Å². The van der Waals surface area contributed by atoms with Crippen LogP contribution in [0.1, 0.15) is 36.5 Å². The second-order valence-corrected chi connectivity index (χ2v) is 6.86. The molecule has 1 heterocycles. The Balaban J connectivity index is 1.68. The molecule has 26 heavy (non-hydrogen) atoms. The standard InChI is InChI=1S/C21H27N3O2/c1-16(25)23-12-5-4-9-18-15-22-13-14-24(18)21(26)20-11-6-8-17-7-2-3-10-19(17)20/h2-3,6-8,10-11,18,22H,4-5,9,12-15H2,1H3,(H,23,25)/t18-/m0/s1. The molecule has 138 valence electrons. The fourth-order valence-electron chi connectivity index (χ4n) is 3.62. The van der Waals surface area contributed by atoms with Crippen molar-refractivity contribution >= 4 is 22.6 Å². The summed E-state index contributed by atoms with van der Waals surface area (Å²) in [6.07, 6.45) is 2.88. The highest BCUT2D eigenvalue weighted by Gasteiger charge is 2.27. The first-order chi connectivity index (χ1) is 12.7. The highest BCUT2D eigenvalue weighted by Crippen LogP contribution is 2.22. The Morgan fingerprint density at radius 3 is 2.81 bits per heavy atom. The summed E-state index contributed by atoms with van der Waals surface area (Å²) in [5, 5.41) is 8.35. The van der Waals surface area contributed by atoms with E-state index in [1.54, 1.807) is 0 Å². The summed E-state index contributed by atoms with van der Waals surface area (Å²) in [5.74, 6) is 0.132. The molecule has 0 radical (unpaired) electrons. The fourth-order valence-corrected chi connectivity index (χ4v) is 3.62. The van der Waals surface area contributed by atoms with E-state index in [9.17, 15) is 9.59 Å². The number of carbonyl (C=O) groups excluding carboxylic acids is 2. The maximum atomic E-state index is 13.2. The number of benzene rings is 2. The van der Waals surface area contributed by atoms with Crippen molar-refractivity contribution in [1.29, 1.82) is 0 Å². The highest BCUT2D eigenvalue weighted by atomic mass is 16.2. The lowest BCUT2D eigenvalue weighted by Gasteiger charge is -2.36. The number of hydrogen-bond acceptors (Lipinski definition) is 3. The fraction of sp³-hybridized carbons (Fsp3) is 0.429. The summed E-state index contributed by atoms with van der Waals surface area (Å²) in [4.78, 5) is 26.2. The van der Waals surface area contributed by atoms with E-state index in [1.165, 1.54) is 6.92 Å². The molecule has 0 aromatic heterocycles. The number of nitrogens with one attached hydrogen (secondary N) is 2. The van der Waals surface area contributed by atoms with E-state index in [-0.39, 0.29) is 17.9 Å².